The third-order valence-electron chi connectivity index (χ3n) is 7.86. The van der Waals surface area contributed by atoms with E-state index in [2.05, 4.69) is 42.8 Å². The van der Waals surface area contributed by atoms with Crippen molar-refractivity contribution in [1.82, 2.24) is 9.88 Å². The molecule has 6 nitrogen and oxygen atoms in total. The van der Waals surface area contributed by atoms with Gasteiger partial charge in [-0.25, -0.2) is 4.90 Å². The number of nitrogens with zero attached hydrogens (tertiary/aromatic N) is 3. The number of nitrogens with one attached hydrogen (secondary N) is 1. The van der Waals surface area contributed by atoms with Crippen LogP contribution in [0.5, 0.6) is 0 Å². The van der Waals surface area contributed by atoms with Gasteiger partial charge < -0.3 is 9.88 Å². The van der Waals surface area contributed by atoms with Crippen LogP contribution in [0.1, 0.15) is 49.2 Å². The number of anilines is 1. The molecule has 198 valence electrons. The average Bonchev–Trinajstić information content (AvgIpc) is 3.35. The molecule has 0 spiro atoms. The van der Waals surface area contributed by atoms with Crippen LogP contribution in [0.25, 0.3) is 10.9 Å². The number of benzene rings is 3. The van der Waals surface area contributed by atoms with Gasteiger partial charge in [-0.05, 0) is 51.5 Å². The zero-order chi connectivity index (χ0) is 27.5. The minimum Gasteiger partial charge on any atom is -0.342 e. The molecule has 3 aromatic carbocycles. The molecule has 1 N–H and O–H groups in total. The van der Waals surface area contributed by atoms with Crippen molar-refractivity contribution in [3.05, 3.63) is 101 Å². The maximum absolute atomic E-state index is 14.3. The topological polar surface area (TPSA) is 66.7 Å². The summed E-state index contributed by atoms with van der Waals surface area (Å²) in [6, 6.07) is 25.6. The Morgan fingerprint density at radius 1 is 0.872 bits per heavy atom. The molecule has 4 aromatic rings. The van der Waals surface area contributed by atoms with E-state index in [9.17, 15) is 9.59 Å². The predicted octanol–water partition coefficient (Wildman–Crippen LogP) is 5.72. The molecule has 2 heterocycles. The molecule has 2 aliphatic rings. The fourth-order valence-electron chi connectivity index (χ4n) is 6.20. The summed E-state index contributed by atoms with van der Waals surface area (Å²) in [4.78, 5) is 35.1. The smallest absolute Gasteiger partial charge is 0.243 e. The number of hydrogen-bond acceptors (Lipinski definition) is 4. The summed E-state index contributed by atoms with van der Waals surface area (Å²) in [7, 11) is 2.03. The number of imide groups is 1. The molecule has 0 saturated carbocycles. The van der Waals surface area contributed by atoms with Gasteiger partial charge in [0.1, 0.15) is 0 Å². The summed E-state index contributed by atoms with van der Waals surface area (Å²) >= 11 is 0. The average molecular weight is 519 g/mol. The Morgan fingerprint density at radius 2 is 1.54 bits per heavy atom. The number of fused-ring (bicyclic) bond motifs is 4. The van der Waals surface area contributed by atoms with Gasteiger partial charge in [-0.2, -0.15) is 0 Å². The molecule has 3 atom stereocenters. The monoisotopic (exact) mass is 518 g/mol. The number of aryl methyl sites for hydroxylation is 2. The van der Waals surface area contributed by atoms with Crippen LogP contribution in [0.15, 0.2) is 83.9 Å². The quantitative estimate of drug-likeness (QED) is 0.351. The van der Waals surface area contributed by atoms with Gasteiger partial charge in [0.05, 0.1) is 35.5 Å². The second kappa shape index (κ2) is 9.31. The number of para-hydroxylation sites is 1. The van der Waals surface area contributed by atoms with Gasteiger partial charge in [-0.15, -0.1) is 0 Å². The predicted molar refractivity (Wildman–Crippen MR) is 156 cm³/mol. The van der Waals surface area contributed by atoms with E-state index in [1.54, 1.807) is 0 Å². The molecule has 0 bridgehead atoms. The van der Waals surface area contributed by atoms with E-state index in [1.807, 2.05) is 80.7 Å². The fourth-order valence-corrected chi connectivity index (χ4v) is 6.20. The summed E-state index contributed by atoms with van der Waals surface area (Å²) in [6.07, 6.45) is 0. The Kier molecular flexibility index (Phi) is 6.03. The first-order valence-corrected chi connectivity index (χ1v) is 13.5. The zero-order valence-corrected chi connectivity index (χ0v) is 23.1. The lowest BCUT2D eigenvalue weighted by Crippen LogP contribution is -2.49. The maximum Gasteiger partial charge on any atom is 0.243 e. The van der Waals surface area contributed by atoms with Crippen molar-refractivity contribution in [2.75, 3.05) is 4.90 Å². The SMILES string of the molecule is Cc1ccc(N2C(=O)[C@@H]3C(=NCc4ccccc4)c4c(c5ccccc5n4C)[C@@H](NC(C)(C)C)[C@@H]3C2=O)cc1. The van der Waals surface area contributed by atoms with Gasteiger partial charge in [0.25, 0.3) is 0 Å². The van der Waals surface area contributed by atoms with Gasteiger partial charge in [0.15, 0.2) is 0 Å². The maximum atomic E-state index is 14.3. The second-order valence-electron chi connectivity index (χ2n) is 11.7. The molecular weight excluding hydrogens is 484 g/mol. The summed E-state index contributed by atoms with van der Waals surface area (Å²) in [5.41, 5.74) is 6.18. The van der Waals surface area contributed by atoms with Crippen molar-refractivity contribution < 1.29 is 9.59 Å². The van der Waals surface area contributed by atoms with Crippen LogP contribution in [0, 0.1) is 18.8 Å². The molecule has 1 fully saturated rings. The lowest BCUT2D eigenvalue weighted by Gasteiger charge is -2.38. The number of hydrogen-bond donors (Lipinski definition) is 1. The van der Waals surface area contributed by atoms with E-state index in [4.69, 9.17) is 4.99 Å². The number of amides is 2. The van der Waals surface area contributed by atoms with Crippen molar-refractivity contribution in [3.8, 4) is 0 Å². The number of carbonyl (C=O) groups excluding carboxylic acids is 2. The molecule has 0 unspecified atom stereocenters. The number of carbonyl (C=O) groups is 2. The van der Waals surface area contributed by atoms with E-state index in [1.165, 1.54) is 4.90 Å². The molecule has 2 amide bonds. The Labute approximate surface area is 229 Å². The van der Waals surface area contributed by atoms with E-state index in [0.717, 1.165) is 33.3 Å². The van der Waals surface area contributed by atoms with Gasteiger partial charge >= 0.3 is 0 Å². The zero-order valence-electron chi connectivity index (χ0n) is 23.1. The summed E-state index contributed by atoms with van der Waals surface area (Å²) < 4.78 is 2.15. The van der Waals surface area contributed by atoms with Crippen LogP contribution < -0.4 is 10.2 Å². The second-order valence-corrected chi connectivity index (χ2v) is 11.7. The molecule has 1 aliphatic heterocycles. The largest absolute Gasteiger partial charge is 0.342 e. The van der Waals surface area contributed by atoms with E-state index < -0.39 is 11.8 Å². The first-order chi connectivity index (χ1) is 18.7. The fraction of sp³-hybridized carbons (Fsp3) is 0.303. The molecule has 1 aromatic heterocycles. The third-order valence-corrected chi connectivity index (χ3v) is 7.86. The highest BCUT2D eigenvalue weighted by molar-refractivity contribution is 6.32. The molecule has 39 heavy (non-hydrogen) atoms. The van der Waals surface area contributed by atoms with E-state index in [-0.39, 0.29) is 23.4 Å². The molecule has 1 saturated heterocycles. The lowest BCUT2D eigenvalue weighted by atomic mass is 9.73. The van der Waals surface area contributed by atoms with Crippen LogP contribution in [-0.4, -0.2) is 27.6 Å². The van der Waals surface area contributed by atoms with Crippen LogP contribution in [-0.2, 0) is 23.2 Å². The van der Waals surface area contributed by atoms with Crippen molar-refractivity contribution in [2.24, 2.45) is 23.9 Å². The molecule has 0 radical (unpaired) electrons. The Morgan fingerprint density at radius 3 is 2.23 bits per heavy atom. The highest BCUT2D eigenvalue weighted by Gasteiger charge is 2.58. The molecule has 6 rings (SSSR count). The Balaban J connectivity index is 1.60. The number of aliphatic imine (C=N–C) groups is 1. The first-order valence-electron chi connectivity index (χ1n) is 13.5. The summed E-state index contributed by atoms with van der Waals surface area (Å²) in [6.45, 7) is 8.74. The number of aromatic nitrogens is 1. The van der Waals surface area contributed by atoms with E-state index in [0.29, 0.717) is 17.9 Å². The van der Waals surface area contributed by atoms with Crippen LogP contribution in [0.4, 0.5) is 5.69 Å². The standard InChI is InChI=1S/C33H34N4O2/c1-20-15-17-22(18-16-20)37-31(38)26-27(32(37)39)29(34-19-21-11-7-6-8-12-21)30-25(28(26)35-33(2,3)4)23-13-9-10-14-24(23)36(30)5/h6-18,26-28,35H,19H2,1-5H3/t26-,27+,28-/m1/s1. The lowest BCUT2D eigenvalue weighted by molar-refractivity contribution is -0.122. The van der Waals surface area contributed by atoms with Gasteiger partial charge in [-0.3, -0.25) is 14.6 Å². The van der Waals surface area contributed by atoms with Crippen molar-refractivity contribution in [3.63, 3.8) is 0 Å². The summed E-state index contributed by atoms with van der Waals surface area (Å²) in [5, 5.41) is 4.83. The Hall–Kier alpha value is -4.03. The minimum absolute atomic E-state index is 0.179. The van der Waals surface area contributed by atoms with Gasteiger partial charge in [0.2, 0.25) is 11.8 Å². The van der Waals surface area contributed by atoms with E-state index >= 15 is 0 Å². The van der Waals surface area contributed by atoms with Crippen LogP contribution in [0.3, 0.4) is 0 Å². The normalized spacial score (nSPS) is 22.0. The van der Waals surface area contributed by atoms with Gasteiger partial charge in [-0.1, -0.05) is 66.2 Å². The highest BCUT2D eigenvalue weighted by Crippen LogP contribution is 2.49. The van der Waals surface area contributed by atoms with Crippen molar-refractivity contribution in [1.29, 1.82) is 0 Å². The van der Waals surface area contributed by atoms with Gasteiger partial charge in [0, 0.05) is 35.1 Å². The highest BCUT2D eigenvalue weighted by atomic mass is 16.2. The first kappa shape index (κ1) is 25.3. The Bertz CT molecular complexity index is 1610. The minimum atomic E-state index is -0.683. The molecule has 1 aliphatic carbocycles. The number of rotatable bonds is 4. The van der Waals surface area contributed by atoms with Crippen molar-refractivity contribution >= 4 is 34.1 Å². The van der Waals surface area contributed by atoms with Crippen LogP contribution >= 0.6 is 0 Å². The summed E-state index contributed by atoms with van der Waals surface area (Å²) in [5.74, 6) is -1.68. The van der Waals surface area contributed by atoms with Crippen molar-refractivity contribution in [2.45, 2.75) is 45.8 Å². The molecular formula is C33H34N4O2. The van der Waals surface area contributed by atoms with Crippen LogP contribution in [0.2, 0.25) is 0 Å². The third kappa shape index (κ3) is 4.20. The molecule has 6 heteroatoms.